The molecule has 0 bridgehead atoms. The molecule has 0 fully saturated rings. The summed E-state index contributed by atoms with van der Waals surface area (Å²) < 4.78 is 0.739. The minimum Gasteiger partial charge on any atom is -0.618 e. The second-order valence-corrected chi connectivity index (χ2v) is 3.80. The normalized spacial score (nSPS) is 9.93. The molecule has 3 nitrogen and oxygen atoms in total. The van der Waals surface area contributed by atoms with Crippen molar-refractivity contribution in [3.05, 3.63) is 34.3 Å². The second kappa shape index (κ2) is 4.91. The van der Waals surface area contributed by atoms with Crippen LogP contribution in [0.2, 0.25) is 0 Å². The molecule has 1 aromatic heterocycles. The lowest BCUT2D eigenvalue weighted by Gasteiger charge is -2.10. The van der Waals surface area contributed by atoms with Gasteiger partial charge in [0.05, 0.1) is 5.56 Å². The van der Waals surface area contributed by atoms with E-state index in [-0.39, 0.29) is 19.1 Å². The quantitative estimate of drug-likeness (QED) is 0.426. The van der Waals surface area contributed by atoms with Crippen LogP contribution in [0.4, 0.5) is 0 Å². The average molecular weight is 209 g/mol. The van der Waals surface area contributed by atoms with E-state index in [9.17, 15) is 10.0 Å². The monoisotopic (exact) mass is 209 g/mol. The van der Waals surface area contributed by atoms with Gasteiger partial charge in [0.2, 0.25) is 5.69 Å². The molecule has 1 rings (SSSR count). The SMILES string of the molecule is C.Cc1cc[n+]([O-])c(C)c1C(=O)C(C)C. The maximum absolute atomic E-state index is 11.8. The Hall–Kier alpha value is -1.38. The molecular formula is C12H19NO2. The number of hydrogen-bond donors (Lipinski definition) is 0. The number of nitrogens with zero attached hydrogens (tertiary/aromatic N) is 1. The highest BCUT2D eigenvalue weighted by Crippen LogP contribution is 2.14. The summed E-state index contributed by atoms with van der Waals surface area (Å²) in [5.41, 5.74) is 1.93. The van der Waals surface area contributed by atoms with Crippen molar-refractivity contribution in [3.63, 3.8) is 0 Å². The van der Waals surface area contributed by atoms with Crippen molar-refractivity contribution in [1.29, 1.82) is 0 Å². The summed E-state index contributed by atoms with van der Waals surface area (Å²) in [6.07, 6.45) is 1.43. The lowest BCUT2D eigenvalue weighted by Crippen LogP contribution is -2.33. The van der Waals surface area contributed by atoms with E-state index in [0.29, 0.717) is 11.3 Å². The van der Waals surface area contributed by atoms with Crippen molar-refractivity contribution in [1.82, 2.24) is 0 Å². The van der Waals surface area contributed by atoms with Crippen molar-refractivity contribution in [3.8, 4) is 0 Å². The average Bonchev–Trinajstić information content (AvgIpc) is 2.12. The smallest absolute Gasteiger partial charge is 0.200 e. The van der Waals surface area contributed by atoms with Crippen LogP contribution in [0.3, 0.4) is 0 Å². The summed E-state index contributed by atoms with van der Waals surface area (Å²) in [4.78, 5) is 11.8. The molecule has 0 N–H and O–H groups in total. The van der Waals surface area contributed by atoms with E-state index in [1.807, 2.05) is 20.8 Å². The fourth-order valence-corrected chi connectivity index (χ4v) is 1.43. The predicted molar refractivity (Wildman–Crippen MR) is 60.8 cm³/mol. The Morgan fingerprint density at radius 2 is 1.93 bits per heavy atom. The summed E-state index contributed by atoms with van der Waals surface area (Å²) in [6, 6.07) is 1.68. The summed E-state index contributed by atoms with van der Waals surface area (Å²) in [5.74, 6) is -0.0417. The lowest BCUT2D eigenvalue weighted by molar-refractivity contribution is -0.612. The van der Waals surface area contributed by atoms with Crippen molar-refractivity contribution in [2.24, 2.45) is 5.92 Å². The number of rotatable bonds is 2. The first-order valence-electron chi connectivity index (χ1n) is 4.68. The zero-order chi connectivity index (χ0) is 10.9. The van der Waals surface area contributed by atoms with Crippen LogP contribution < -0.4 is 4.73 Å². The molecule has 0 aliphatic heterocycles. The maximum Gasteiger partial charge on any atom is 0.200 e. The molecule has 0 aliphatic rings. The third kappa shape index (κ3) is 2.55. The van der Waals surface area contributed by atoms with E-state index in [4.69, 9.17) is 0 Å². The van der Waals surface area contributed by atoms with Crippen molar-refractivity contribution in [2.45, 2.75) is 35.1 Å². The summed E-state index contributed by atoms with van der Waals surface area (Å²) in [7, 11) is 0. The molecule has 0 aromatic carbocycles. The van der Waals surface area contributed by atoms with E-state index in [0.717, 1.165) is 10.3 Å². The molecule has 0 unspecified atom stereocenters. The number of carbonyl (C=O) groups is 1. The zero-order valence-electron chi connectivity index (χ0n) is 9.00. The Labute approximate surface area is 91.3 Å². The molecule has 15 heavy (non-hydrogen) atoms. The van der Waals surface area contributed by atoms with Crippen LogP contribution in [0.15, 0.2) is 12.3 Å². The molecule has 1 aromatic rings. The minimum absolute atomic E-state index is 0. The number of hydrogen-bond acceptors (Lipinski definition) is 2. The zero-order valence-corrected chi connectivity index (χ0v) is 9.00. The highest BCUT2D eigenvalue weighted by Gasteiger charge is 2.20. The largest absolute Gasteiger partial charge is 0.618 e. The number of aryl methyl sites for hydroxylation is 1. The standard InChI is InChI=1S/C11H15NO2.CH4/c1-7(2)11(13)10-8(3)5-6-12(14)9(10)4;/h5-7H,1-4H3;1H4. The summed E-state index contributed by atoms with van der Waals surface area (Å²) >= 11 is 0. The highest BCUT2D eigenvalue weighted by atomic mass is 16.5. The first-order valence-corrected chi connectivity index (χ1v) is 4.68. The molecule has 0 aliphatic carbocycles. The van der Waals surface area contributed by atoms with Gasteiger partial charge in [0, 0.05) is 18.9 Å². The third-order valence-electron chi connectivity index (χ3n) is 2.32. The van der Waals surface area contributed by atoms with E-state index in [2.05, 4.69) is 0 Å². The van der Waals surface area contributed by atoms with Crippen molar-refractivity contribution >= 4 is 5.78 Å². The third-order valence-corrected chi connectivity index (χ3v) is 2.32. The summed E-state index contributed by atoms with van der Waals surface area (Å²) in [6.45, 7) is 7.20. The van der Waals surface area contributed by atoms with Gasteiger partial charge in [0.1, 0.15) is 0 Å². The second-order valence-electron chi connectivity index (χ2n) is 3.80. The van der Waals surface area contributed by atoms with Crippen molar-refractivity contribution in [2.75, 3.05) is 0 Å². The van der Waals surface area contributed by atoms with Gasteiger partial charge in [0.25, 0.3) is 0 Å². The molecule has 0 spiro atoms. The van der Waals surface area contributed by atoms with Crippen molar-refractivity contribution < 1.29 is 9.52 Å². The van der Waals surface area contributed by atoms with Gasteiger partial charge in [-0.05, 0) is 12.5 Å². The topological polar surface area (TPSA) is 44.0 Å². The van der Waals surface area contributed by atoms with Crippen LogP contribution in [0.5, 0.6) is 0 Å². The van der Waals surface area contributed by atoms with Crippen LogP contribution in [-0.2, 0) is 0 Å². The van der Waals surface area contributed by atoms with E-state index < -0.39 is 0 Å². The molecular weight excluding hydrogens is 190 g/mol. The predicted octanol–water partition coefficient (Wildman–Crippen LogP) is 2.41. The molecule has 3 heteroatoms. The van der Waals surface area contributed by atoms with Gasteiger partial charge in [-0.25, -0.2) is 0 Å². The number of carbonyl (C=O) groups excluding carboxylic acids is 1. The van der Waals surface area contributed by atoms with Gasteiger partial charge in [-0.15, -0.1) is 0 Å². The van der Waals surface area contributed by atoms with E-state index in [1.54, 1.807) is 13.0 Å². The molecule has 84 valence electrons. The fraction of sp³-hybridized carbons (Fsp3) is 0.500. The van der Waals surface area contributed by atoms with Crippen LogP contribution in [-0.4, -0.2) is 5.78 Å². The molecule has 1 heterocycles. The lowest BCUT2D eigenvalue weighted by atomic mass is 9.96. The van der Waals surface area contributed by atoms with Crippen LogP contribution >= 0.6 is 0 Å². The first-order chi connectivity index (χ1) is 6.45. The van der Waals surface area contributed by atoms with Crippen LogP contribution in [0.25, 0.3) is 0 Å². The Kier molecular flexibility index (Phi) is 4.46. The maximum atomic E-state index is 11.8. The fourth-order valence-electron chi connectivity index (χ4n) is 1.43. The van der Waals surface area contributed by atoms with Crippen LogP contribution in [0, 0.1) is 25.0 Å². The number of pyridine rings is 1. The van der Waals surface area contributed by atoms with Crippen LogP contribution in [0.1, 0.15) is 42.9 Å². The Balaban J connectivity index is 0.00000196. The Morgan fingerprint density at radius 1 is 1.40 bits per heavy atom. The van der Waals surface area contributed by atoms with Gasteiger partial charge in [-0.1, -0.05) is 21.3 Å². The number of Topliss-reactive ketones (excluding diaryl/α,β-unsaturated/α-hetero) is 1. The number of ketones is 1. The number of aromatic nitrogens is 1. The van der Waals surface area contributed by atoms with Gasteiger partial charge < -0.3 is 5.21 Å². The molecule has 0 radical (unpaired) electrons. The summed E-state index contributed by atoms with van der Waals surface area (Å²) in [5, 5.41) is 11.3. The minimum atomic E-state index is -0.0743. The molecule has 0 amide bonds. The van der Waals surface area contributed by atoms with E-state index >= 15 is 0 Å². The molecule has 0 saturated carbocycles. The first kappa shape index (κ1) is 13.6. The van der Waals surface area contributed by atoms with Gasteiger partial charge in [0.15, 0.2) is 12.0 Å². The van der Waals surface area contributed by atoms with Gasteiger partial charge in [-0.3, -0.25) is 4.79 Å². The van der Waals surface area contributed by atoms with E-state index in [1.165, 1.54) is 6.20 Å². The van der Waals surface area contributed by atoms with Gasteiger partial charge >= 0.3 is 0 Å². The Morgan fingerprint density at radius 3 is 2.40 bits per heavy atom. The van der Waals surface area contributed by atoms with Gasteiger partial charge in [-0.2, -0.15) is 4.73 Å². The molecule has 0 atom stereocenters. The molecule has 0 saturated heterocycles. The highest BCUT2D eigenvalue weighted by molar-refractivity contribution is 5.99. The Bertz CT molecular complexity index is 370.